The van der Waals surface area contributed by atoms with E-state index >= 15 is 0 Å². The van der Waals surface area contributed by atoms with Crippen LogP contribution in [-0.4, -0.2) is 18.2 Å². The van der Waals surface area contributed by atoms with Crippen molar-refractivity contribution in [3.05, 3.63) is 58.4 Å². The second-order valence-corrected chi connectivity index (χ2v) is 7.29. The van der Waals surface area contributed by atoms with E-state index in [1.54, 1.807) is 13.0 Å². The quantitative estimate of drug-likeness (QED) is 0.523. The maximum absolute atomic E-state index is 12.4. The van der Waals surface area contributed by atoms with Crippen LogP contribution in [0.5, 0.6) is 0 Å². The number of fused-ring (bicyclic) bond motifs is 3. The molecule has 5 rings (SSSR count). The summed E-state index contributed by atoms with van der Waals surface area (Å²) in [5.74, 6) is 0.279. The number of amides is 1. The highest BCUT2D eigenvalue weighted by Crippen LogP contribution is 2.51. The number of carbonyl (C=O) groups is 2. The Morgan fingerprint density at radius 1 is 1.28 bits per heavy atom. The van der Waals surface area contributed by atoms with Gasteiger partial charge in [-0.25, -0.2) is 4.79 Å². The molecule has 25 heavy (non-hydrogen) atoms. The number of nitrogens with one attached hydrogen (secondary N) is 1. The molecule has 2 fully saturated rings. The third-order valence-electron chi connectivity index (χ3n) is 5.61. The summed E-state index contributed by atoms with van der Waals surface area (Å²) < 4.78 is 10.6. The van der Waals surface area contributed by atoms with Crippen molar-refractivity contribution in [1.29, 1.82) is 0 Å². The number of benzene rings is 1. The summed E-state index contributed by atoms with van der Waals surface area (Å²) in [7, 11) is 0. The number of carbonyl (C=O) groups excluding carboxylic acids is 2. The molecule has 0 radical (unpaired) electrons. The maximum Gasteiger partial charge on any atom is 0.336 e. The number of esters is 1. The van der Waals surface area contributed by atoms with Gasteiger partial charge in [0, 0.05) is 17.6 Å². The highest BCUT2D eigenvalue weighted by atomic mass is 16.7. The van der Waals surface area contributed by atoms with Gasteiger partial charge in [-0.05, 0) is 48.8 Å². The minimum Gasteiger partial charge on any atom is -0.458 e. The summed E-state index contributed by atoms with van der Waals surface area (Å²) in [5, 5.41) is 3.13. The number of hydrogen-bond donors (Lipinski definition) is 1. The van der Waals surface area contributed by atoms with Crippen LogP contribution in [0.1, 0.15) is 48.4 Å². The van der Waals surface area contributed by atoms with Crippen LogP contribution in [0.15, 0.2) is 41.7 Å². The molecule has 128 valence electrons. The number of hydrogen-bond acceptors (Lipinski definition) is 4. The third kappa shape index (κ3) is 2.29. The zero-order valence-electron chi connectivity index (χ0n) is 14.0. The average molecular weight is 337 g/mol. The van der Waals surface area contributed by atoms with Crippen LogP contribution in [-0.2, 0) is 25.5 Å². The molecule has 0 spiro atoms. The van der Waals surface area contributed by atoms with Crippen molar-refractivity contribution in [2.75, 3.05) is 0 Å². The van der Waals surface area contributed by atoms with Gasteiger partial charge in [0.2, 0.25) is 0 Å². The fraction of sp³-hybridized carbons (Fsp3) is 0.400. The van der Waals surface area contributed by atoms with Gasteiger partial charge in [-0.2, -0.15) is 0 Å². The van der Waals surface area contributed by atoms with Gasteiger partial charge >= 0.3 is 5.97 Å². The Labute approximate surface area is 145 Å². The van der Waals surface area contributed by atoms with Crippen LogP contribution in [0.3, 0.4) is 0 Å². The van der Waals surface area contributed by atoms with Gasteiger partial charge in [-0.15, -0.1) is 0 Å². The van der Waals surface area contributed by atoms with Gasteiger partial charge in [0.05, 0.1) is 17.9 Å². The lowest BCUT2D eigenvalue weighted by Crippen LogP contribution is -2.20. The molecule has 0 unspecified atom stereocenters. The van der Waals surface area contributed by atoms with E-state index < -0.39 is 6.29 Å². The number of rotatable bonds is 3. The van der Waals surface area contributed by atoms with E-state index in [9.17, 15) is 9.59 Å². The van der Waals surface area contributed by atoms with Crippen molar-refractivity contribution in [3.63, 3.8) is 0 Å². The lowest BCUT2D eigenvalue weighted by molar-refractivity contribution is -0.152. The predicted octanol–water partition coefficient (Wildman–Crippen LogP) is 2.64. The zero-order valence-corrected chi connectivity index (χ0v) is 14.0. The first-order valence-electron chi connectivity index (χ1n) is 8.79. The Morgan fingerprint density at radius 3 is 2.84 bits per heavy atom. The third-order valence-corrected chi connectivity index (χ3v) is 5.61. The molecule has 3 atom stereocenters. The first-order chi connectivity index (χ1) is 12.1. The molecule has 0 bridgehead atoms. The summed E-state index contributed by atoms with van der Waals surface area (Å²) in [4.78, 5) is 23.9. The summed E-state index contributed by atoms with van der Waals surface area (Å²) in [5.41, 5.74) is 5.20. The van der Waals surface area contributed by atoms with Gasteiger partial charge in [0.15, 0.2) is 0 Å². The molecule has 0 aromatic heterocycles. The van der Waals surface area contributed by atoms with Crippen LogP contribution < -0.4 is 5.32 Å². The van der Waals surface area contributed by atoms with E-state index in [0.717, 1.165) is 6.42 Å². The molecule has 1 N–H and O–H groups in total. The van der Waals surface area contributed by atoms with E-state index in [1.807, 2.05) is 0 Å². The monoisotopic (exact) mass is 337 g/mol. The van der Waals surface area contributed by atoms with Gasteiger partial charge in [-0.3, -0.25) is 4.79 Å². The van der Waals surface area contributed by atoms with Crippen molar-refractivity contribution < 1.29 is 19.1 Å². The Hall–Kier alpha value is -2.56. The first kappa shape index (κ1) is 14.8. The molecule has 2 heterocycles. The summed E-state index contributed by atoms with van der Waals surface area (Å²) in [6.07, 6.45) is 5.69. The van der Waals surface area contributed by atoms with Crippen molar-refractivity contribution in [2.24, 2.45) is 5.92 Å². The fourth-order valence-electron chi connectivity index (χ4n) is 4.20. The Morgan fingerprint density at radius 2 is 2.12 bits per heavy atom. The van der Waals surface area contributed by atoms with E-state index in [-0.39, 0.29) is 23.8 Å². The average Bonchev–Trinajstić information content (AvgIpc) is 3.22. The molecule has 1 aromatic carbocycles. The Kier molecular flexibility index (Phi) is 3.08. The largest absolute Gasteiger partial charge is 0.458 e. The summed E-state index contributed by atoms with van der Waals surface area (Å²) in [6.45, 7) is 1.68. The first-order valence-corrected chi connectivity index (χ1v) is 8.79. The van der Waals surface area contributed by atoms with Crippen LogP contribution in [0, 0.1) is 5.92 Å². The lowest BCUT2D eigenvalue weighted by atomic mass is 9.95. The lowest BCUT2D eigenvalue weighted by Gasteiger charge is -2.14. The van der Waals surface area contributed by atoms with Gasteiger partial charge in [0.1, 0.15) is 0 Å². The van der Waals surface area contributed by atoms with Crippen LogP contribution in [0.25, 0.3) is 0 Å². The van der Waals surface area contributed by atoms with Gasteiger partial charge in [-0.1, -0.05) is 18.2 Å². The predicted molar refractivity (Wildman–Crippen MR) is 89.3 cm³/mol. The molecule has 1 amide bonds. The molecule has 5 nitrogen and oxygen atoms in total. The summed E-state index contributed by atoms with van der Waals surface area (Å²) >= 11 is 0. The van der Waals surface area contributed by atoms with Crippen molar-refractivity contribution in [3.8, 4) is 0 Å². The summed E-state index contributed by atoms with van der Waals surface area (Å²) in [6, 6.07) is 6.53. The van der Waals surface area contributed by atoms with Crippen molar-refractivity contribution in [1.82, 2.24) is 5.32 Å². The SMILES string of the molecule is CC1=C[C@@H](OC=C2C(=O)N[C@@H]3c4c(cccc4C4CC4)C[C@H]23)OC1=O. The van der Waals surface area contributed by atoms with Crippen molar-refractivity contribution in [2.45, 2.75) is 44.4 Å². The fourth-order valence-corrected chi connectivity index (χ4v) is 4.20. The maximum atomic E-state index is 12.4. The van der Waals surface area contributed by atoms with E-state index in [0.29, 0.717) is 17.1 Å². The van der Waals surface area contributed by atoms with Crippen LogP contribution in [0.4, 0.5) is 0 Å². The molecule has 2 aliphatic heterocycles. The highest BCUT2D eigenvalue weighted by Gasteiger charge is 2.46. The van der Waals surface area contributed by atoms with Gasteiger partial charge < -0.3 is 14.8 Å². The van der Waals surface area contributed by atoms with E-state index in [2.05, 4.69) is 23.5 Å². The minimum absolute atomic E-state index is 0.0394. The Bertz CT molecular complexity index is 849. The zero-order chi connectivity index (χ0) is 17.1. The molecular formula is C20H19NO4. The molecule has 5 heteroatoms. The van der Waals surface area contributed by atoms with Gasteiger partial charge in [0.25, 0.3) is 12.2 Å². The number of cyclic esters (lactones) is 1. The molecule has 1 saturated carbocycles. The molecular weight excluding hydrogens is 318 g/mol. The van der Waals surface area contributed by atoms with E-state index in [1.165, 1.54) is 35.8 Å². The number of ether oxygens (including phenoxy) is 2. The Balaban J connectivity index is 1.41. The van der Waals surface area contributed by atoms with Crippen LogP contribution in [0.2, 0.25) is 0 Å². The van der Waals surface area contributed by atoms with Crippen LogP contribution >= 0.6 is 0 Å². The second-order valence-electron chi connectivity index (χ2n) is 7.29. The normalized spacial score (nSPS) is 31.5. The van der Waals surface area contributed by atoms with Crippen molar-refractivity contribution >= 4 is 11.9 Å². The molecule has 1 aromatic rings. The molecule has 4 aliphatic rings. The van der Waals surface area contributed by atoms with E-state index in [4.69, 9.17) is 9.47 Å². The molecule has 2 aliphatic carbocycles. The molecule has 1 saturated heterocycles. The topological polar surface area (TPSA) is 64.6 Å². The highest BCUT2D eigenvalue weighted by molar-refractivity contribution is 5.97. The standard InChI is InChI=1S/C20H19NO4/c1-10-7-16(25-20(10)23)24-9-15-14-8-12-3-2-4-13(11-5-6-11)17(12)18(14)21-19(15)22/h2-4,7,9,11,14,16,18H,5-6,8H2,1H3,(H,21,22)/t14-,16+,18+/m1/s1. The smallest absolute Gasteiger partial charge is 0.336 e. The second kappa shape index (κ2) is 5.22. The minimum atomic E-state index is -0.738.